The molecule has 0 spiro atoms. The molecule has 0 radical (unpaired) electrons. The van der Waals surface area contributed by atoms with Crippen molar-refractivity contribution >= 4 is 11.9 Å². The van der Waals surface area contributed by atoms with E-state index in [0.717, 1.165) is 5.56 Å². The van der Waals surface area contributed by atoms with Crippen molar-refractivity contribution < 1.29 is 10.2 Å². The second-order valence-electron chi connectivity index (χ2n) is 3.37. The summed E-state index contributed by atoms with van der Waals surface area (Å²) in [7, 11) is 0. The summed E-state index contributed by atoms with van der Waals surface area (Å²) in [5, 5.41) is 18.3. The fraction of sp³-hybridized carbons (Fsp3) is 0. The van der Waals surface area contributed by atoms with Crippen LogP contribution in [-0.4, -0.2) is 16.4 Å². The smallest absolute Gasteiger partial charge is 0.117 e. The molecule has 2 aromatic rings. The summed E-state index contributed by atoms with van der Waals surface area (Å²) in [6, 6.07) is 13.4. The number of rotatable bonds is 2. The van der Waals surface area contributed by atoms with Gasteiger partial charge in [0, 0.05) is 12.3 Å². The van der Waals surface area contributed by atoms with E-state index in [1.54, 1.807) is 54.7 Å². The number of phenolic OH excluding ortho intramolecular Hbond substituents is 2. The molecule has 0 fully saturated rings. The van der Waals surface area contributed by atoms with Crippen LogP contribution >= 0.6 is 0 Å². The Labute approximate surface area is 93.3 Å². The van der Waals surface area contributed by atoms with E-state index in [1.807, 2.05) is 0 Å². The van der Waals surface area contributed by atoms with Crippen LogP contribution in [0.5, 0.6) is 11.5 Å². The van der Waals surface area contributed by atoms with Crippen molar-refractivity contribution in [2.75, 3.05) is 0 Å². The monoisotopic (exact) mass is 213 g/mol. The number of benzene rings is 2. The van der Waals surface area contributed by atoms with Gasteiger partial charge in [0.05, 0.1) is 5.69 Å². The number of nitrogens with zero attached hydrogens (tertiary/aromatic N) is 1. The minimum Gasteiger partial charge on any atom is -0.508 e. The van der Waals surface area contributed by atoms with E-state index in [2.05, 4.69) is 4.99 Å². The Hall–Kier alpha value is -2.29. The summed E-state index contributed by atoms with van der Waals surface area (Å²) in [6.45, 7) is 0. The molecule has 80 valence electrons. The number of phenols is 2. The predicted molar refractivity (Wildman–Crippen MR) is 63.5 cm³/mol. The fourth-order valence-corrected chi connectivity index (χ4v) is 1.28. The summed E-state index contributed by atoms with van der Waals surface area (Å²) in [4.78, 5) is 4.20. The zero-order chi connectivity index (χ0) is 11.4. The van der Waals surface area contributed by atoms with Gasteiger partial charge in [-0.3, -0.25) is 4.99 Å². The standard InChI is InChI=1S/C13H11NO2/c15-12-6-4-10(5-7-12)9-14-11-2-1-3-13(16)8-11/h1-9,15-16H. The van der Waals surface area contributed by atoms with Crippen molar-refractivity contribution in [3.8, 4) is 11.5 Å². The van der Waals surface area contributed by atoms with Crippen LogP contribution in [0.1, 0.15) is 5.56 Å². The van der Waals surface area contributed by atoms with Gasteiger partial charge in [0.2, 0.25) is 0 Å². The number of hydrogen-bond donors (Lipinski definition) is 2. The van der Waals surface area contributed by atoms with Gasteiger partial charge in [0.1, 0.15) is 11.5 Å². The molecule has 0 aromatic heterocycles. The molecule has 0 atom stereocenters. The van der Waals surface area contributed by atoms with Crippen LogP contribution in [0.25, 0.3) is 0 Å². The third kappa shape index (κ3) is 2.60. The number of hydrogen-bond acceptors (Lipinski definition) is 3. The van der Waals surface area contributed by atoms with Crippen molar-refractivity contribution in [2.24, 2.45) is 4.99 Å². The first kappa shape index (κ1) is 10.2. The zero-order valence-electron chi connectivity index (χ0n) is 8.54. The molecule has 0 saturated carbocycles. The highest BCUT2D eigenvalue weighted by atomic mass is 16.3. The Bertz CT molecular complexity index is 504. The molecule has 3 nitrogen and oxygen atoms in total. The predicted octanol–water partition coefficient (Wildman–Crippen LogP) is 2.85. The molecule has 2 rings (SSSR count). The summed E-state index contributed by atoms with van der Waals surface area (Å²) in [6.07, 6.45) is 1.67. The van der Waals surface area contributed by atoms with E-state index < -0.39 is 0 Å². The fourth-order valence-electron chi connectivity index (χ4n) is 1.28. The third-order valence-electron chi connectivity index (χ3n) is 2.09. The molecule has 0 aliphatic carbocycles. The minimum atomic E-state index is 0.195. The van der Waals surface area contributed by atoms with Gasteiger partial charge in [-0.15, -0.1) is 0 Å². The maximum Gasteiger partial charge on any atom is 0.117 e. The van der Waals surface area contributed by atoms with E-state index >= 15 is 0 Å². The van der Waals surface area contributed by atoms with E-state index in [9.17, 15) is 5.11 Å². The molecule has 0 amide bonds. The van der Waals surface area contributed by atoms with Crippen molar-refractivity contribution in [2.45, 2.75) is 0 Å². The van der Waals surface area contributed by atoms with Gasteiger partial charge < -0.3 is 10.2 Å². The Morgan fingerprint density at radius 2 is 1.62 bits per heavy atom. The number of aliphatic imine (C=N–C) groups is 1. The van der Waals surface area contributed by atoms with Gasteiger partial charge in [-0.25, -0.2) is 0 Å². The lowest BCUT2D eigenvalue weighted by Crippen LogP contribution is -1.78. The molecule has 0 aliphatic heterocycles. The Balaban J connectivity index is 2.18. The van der Waals surface area contributed by atoms with Gasteiger partial charge in [-0.1, -0.05) is 6.07 Å². The second-order valence-corrected chi connectivity index (χ2v) is 3.37. The normalized spacial score (nSPS) is 10.8. The van der Waals surface area contributed by atoms with E-state index in [-0.39, 0.29) is 11.5 Å². The second kappa shape index (κ2) is 4.49. The summed E-state index contributed by atoms with van der Waals surface area (Å²) in [5.74, 6) is 0.426. The average molecular weight is 213 g/mol. The third-order valence-corrected chi connectivity index (χ3v) is 2.09. The Morgan fingerprint density at radius 1 is 0.875 bits per heavy atom. The zero-order valence-corrected chi connectivity index (χ0v) is 8.54. The first-order valence-electron chi connectivity index (χ1n) is 4.86. The van der Waals surface area contributed by atoms with Crippen molar-refractivity contribution in [1.29, 1.82) is 0 Å². The van der Waals surface area contributed by atoms with Gasteiger partial charge in [0.25, 0.3) is 0 Å². The molecular formula is C13H11NO2. The van der Waals surface area contributed by atoms with E-state index in [4.69, 9.17) is 5.11 Å². The van der Waals surface area contributed by atoms with Crippen LogP contribution < -0.4 is 0 Å². The summed E-state index contributed by atoms with van der Waals surface area (Å²) in [5.41, 5.74) is 1.58. The van der Waals surface area contributed by atoms with Crippen molar-refractivity contribution in [3.63, 3.8) is 0 Å². The molecule has 0 aliphatic rings. The van der Waals surface area contributed by atoms with Gasteiger partial charge in [-0.2, -0.15) is 0 Å². The van der Waals surface area contributed by atoms with Crippen LogP contribution in [0, 0.1) is 0 Å². The van der Waals surface area contributed by atoms with E-state index in [0.29, 0.717) is 5.69 Å². The molecule has 0 bridgehead atoms. The van der Waals surface area contributed by atoms with Gasteiger partial charge >= 0.3 is 0 Å². The molecule has 0 saturated heterocycles. The molecular weight excluding hydrogens is 202 g/mol. The summed E-state index contributed by atoms with van der Waals surface area (Å²) < 4.78 is 0. The SMILES string of the molecule is Oc1ccc(C=Nc2cccc(O)c2)cc1. The quantitative estimate of drug-likeness (QED) is 0.753. The molecule has 16 heavy (non-hydrogen) atoms. The molecule has 3 heteroatoms. The molecule has 0 unspecified atom stereocenters. The lowest BCUT2D eigenvalue weighted by molar-refractivity contribution is 0.475. The first-order valence-corrected chi connectivity index (χ1v) is 4.86. The highest BCUT2D eigenvalue weighted by Gasteiger charge is 1.91. The van der Waals surface area contributed by atoms with Crippen LogP contribution in [0.2, 0.25) is 0 Å². The Kier molecular flexibility index (Phi) is 2.87. The van der Waals surface area contributed by atoms with Crippen LogP contribution in [0.15, 0.2) is 53.5 Å². The van der Waals surface area contributed by atoms with Crippen LogP contribution in [0.4, 0.5) is 5.69 Å². The van der Waals surface area contributed by atoms with Crippen LogP contribution in [-0.2, 0) is 0 Å². The maximum absolute atomic E-state index is 9.24. The summed E-state index contributed by atoms with van der Waals surface area (Å²) >= 11 is 0. The van der Waals surface area contributed by atoms with E-state index in [1.165, 1.54) is 0 Å². The average Bonchev–Trinajstić information content (AvgIpc) is 2.28. The van der Waals surface area contributed by atoms with Gasteiger partial charge in [-0.05, 0) is 42.0 Å². The minimum absolute atomic E-state index is 0.195. The molecule has 0 heterocycles. The topological polar surface area (TPSA) is 52.8 Å². The number of aromatic hydroxyl groups is 2. The highest BCUT2D eigenvalue weighted by Crippen LogP contribution is 2.18. The molecule has 2 N–H and O–H groups in total. The van der Waals surface area contributed by atoms with Crippen LogP contribution in [0.3, 0.4) is 0 Å². The van der Waals surface area contributed by atoms with Crippen molar-refractivity contribution in [3.05, 3.63) is 54.1 Å². The maximum atomic E-state index is 9.24. The highest BCUT2D eigenvalue weighted by molar-refractivity contribution is 5.82. The first-order chi connectivity index (χ1) is 7.74. The van der Waals surface area contributed by atoms with Gasteiger partial charge in [0.15, 0.2) is 0 Å². The largest absolute Gasteiger partial charge is 0.508 e. The lowest BCUT2D eigenvalue weighted by atomic mass is 10.2. The lowest BCUT2D eigenvalue weighted by Gasteiger charge is -1.95. The molecule has 2 aromatic carbocycles. The Morgan fingerprint density at radius 3 is 2.31 bits per heavy atom. The van der Waals surface area contributed by atoms with Crippen molar-refractivity contribution in [1.82, 2.24) is 0 Å².